The Balaban J connectivity index is 0.00000144. The normalized spacial score (nSPS) is 8.62. The van der Waals surface area contributed by atoms with Crippen LogP contribution >= 0.6 is 0 Å². The van der Waals surface area contributed by atoms with E-state index in [-0.39, 0.29) is 30.1 Å². The number of rotatable bonds is 2. The van der Waals surface area contributed by atoms with Crippen molar-refractivity contribution in [2.24, 2.45) is 0 Å². The van der Waals surface area contributed by atoms with Crippen molar-refractivity contribution >= 4 is 30.8 Å². The maximum atomic E-state index is 10.3. The SMILES string of the molecule is O=C(O)c1ccc(C(=O)O)nc1.[LiH]. The molecule has 13 heavy (non-hydrogen) atoms. The fourth-order valence-electron chi connectivity index (χ4n) is 0.647. The molecule has 0 spiro atoms. The third-order valence-electron chi connectivity index (χ3n) is 1.23. The third-order valence-corrected chi connectivity index (χ3v) is 1.23. The van der Waals surface area contributed by atoms with Gasteiger partial charge in [-0.05, 0) is 12.1 Å². The molecule has 0 radical (unpaired) electrons. The van der Waals surface area contributed by atoms with Crippen molar-refractivity contribution in [1.82, 2.24) is 4.98 Å². The number of hydrogen-bond acceptors (Lipinski definition) is 3. The summed E-state index contributed by atoms with van der Waals surface area (Å²) in [5.41, 5.74) is -0.194. The summed E-state index contributed by atoms with van der Waals surface area (Å²) in [6.07, 6.45) is 1.01. The molecule has 0 aliphatic heterocycles. The number of hydrogen-bond donors (Lipinski definition) is 2. The summed E-state index contributed by atoms with van der Waals surface area (Å²) < 4.78 is 0. The molecule has 5 nitrogen and oxygen atoms in total. The second-order valence-electron chi connectivity index (χ2n) is 2.04. The first-order valence-electron chi connectivity index (χ1n) is 3.04. The summed E-state index contributed by atoms with van der Waals surface area (Å²) in [6, 6.07) is 2.34. The van der Waals surface area contributed by atoms with Gasteiger partial charge in [0.15, 0.2) is 0 Å². The molecule has 0 atom stereocenters. The fourth-order valence-corrected chi connectivity index (χ4v) is 0.647. The average Bonchev–Trinajstić information content (AvgIpc) is 2.04. The van der Waals surface area contributed by atoms with Crippen LogP contribution < -0.4 is 0 Å². The number of carbonyl (C=O) groups is 2. The van der Waals surface area contributed by atoms with Crippen LogP contribution in [0.25, 0.3) is 0 Å². The molecule has 0 amide bonds. The van der Waals surface area contributed by atoms with Crippen LogP contribution in [0, 0.1) is 0 Å². The van der Waals surface area contributed by atoms with E-state index in [2.05, 4.69) is 4.98 Å². The number of aromatic carboxylic acids is 2. The topological polar surface area (TPSA) is 87.5 Å². The van der Waals surface area contributed by atoms with E-state index in [1.807, 2.05) is 0 Å². The summed E-state index contributed by atoms with van der Waals surface area (Å²) in [6.45, 7) is 0. The van der Waals surface area contributed by atoms with Crippen LogP contribution in [0.4, 0.5) is 0 Å². The van der Waals surface area contributed by atoms with Crippen molar-refractivity contribution < 1.29 is 19.8 Å². The molecule has 1 aromatic heterocycles. The van der Waals surface area contributed by atoms with Gasteiger partial charge in [0.1, 0.15) is 5.69 Å². The quantitative estimate of drug-likeness (QED) is 0.609. The van der Waals surface area contributed by atoms with Gasteiger partial charge in [0, 0.05) is 6.20 Å². The van der Waals surface area contributed by atoms with Crippen LogP contribution in [0.1, 0.15) is 20.8 Å². The zero-order valence-electron chi connectivity index (χ0n) is 5.89. The van der Waals surface area contributed by atoms with Crippen molar-refractivity contribution in [2.75, 3.05) is 0 Å². The van der Waals surface area contributed by atoms with Crippen LogP contribution in [0.2, 0.25) is 0 Å². The Bertz CT molecular complexity index is 289. The number of carboxylic acids is 2. The molecule has 0 aliphatic rings. The maximum absolute atomic E-state index is 10.3. The molecular weight excluding hydrogens is 169 g/mol. The minimum absolute atomic E-state index is 0. The molecule has 2 N–H and O–H groups in total. The van der Waals surface area contributed by atoms with Gasteiger partial charge in [-0.2, -0.15) is 0 Å². The third kappa shape index (κ3) is 2.90. The molecule has 1 aromatic rings. The van der Waals surface area contributed by atoms with Crippen molar-refractivity contribution in [3.8, 4) is 0 Å². The van der Waals surface area contributed by atoms with Crippen LogP contribution in [-0.4, -0.2) is 46.0 Å². The molecule has 0 aromatic carbocycles. The Morgan fingerprint density at radius 1 is 1.15 bits per heavy atom. The van der Waals surface area contributed by atoms with Gasteiger partial charge in [-0.25, -0.2) is 14.6 Å². The van der Waals surface area contributed by atoms with Gasteiger partial charge in [0.05, 0.1) is 5.56 Å². The van der Waals surface area contributed by atoms with Crippen LogP contribution in [0.5, 0.6) is 0 Å². The molecular formula is C7H6LiNO4. The van der Waals surface area contributed by atoms with Gasteiger partial charge in [-0.1, -0.05) is 0 Å². The van der Waals surface area contributed by atoms with E-state index < -0.39 is 11.9 Å². The molecule has 6 heteroatoms. The van der Waals surface area contributed by atoms with Crippen molar-refractivity contribution in [3.63, 3.8) is 0 Å². The van der Waals surface area contributed by atoms with Gasteiger partial charge in [0.2, 0.25) is 0 Å². The molecule has 0 aliphatic carbocycles. The minimum atomic E-state index is -1.17. The van der Waals surface area contributed by atoms with E-state index in [1.165, 1.54) is 6.07 Å². The van der Waals surface area contributed by atoms with E-state index in [1.54, 1.807) is 0 Å². The van der Waals surface area contributed by atoms with Gasteiger partial charge in [-0.15, -0.1) is 0 Å². The molecule has 1 heterocycles. The first kappa shape index (κ1) is 11.7. The van der Waals surface area contributed by atoms with E-state index in [0.29, 0.717) is 0 Å². The van der Waals surface area contributed by atoms with Gasteiger partial charge >= 0.3 is 30.8 Å². The molecule has 0 saturated heterocycles. The Kier molecular flexibility index (Phi) is 4.18. The van der Waals surface area contributed by atoms with Crippen molar-refractivity contribution in [2.45, 2.75) is 0 Å². The van der Waals surface area contributed by atoms with Gasteiger partial charge < -0.3 is 10.2 Å². The summed E-state index contributed by atoms with van der Waals surface area (Å²) in [5, 5.41) is 16.8. The van der Waals surface area contributed by atoms with Crippen LogP contribution in [0.3, 0.4) is 0 Å². The van der Waals surface area contributed by atoms with E-state index in [0.717, 1.165) is 12.3 Å². The predicted molar refractivity (Wildman–Crippen MR) is 45.3 cm³/mol. The Morgan fingerprint density at radius 2 is 1.77 bits per heavy atom. The molecule has 1 rings (SSSR count). The average molecular weight is 175 g/mol. The standard InChI is InChI=1S/C7H5NO4.Li.H/c9-6(10)4-1-2-5(7(11)12)8-3-4;;/h1-3H,(H,9,10)(H,11,12);;. The number of carboxylic acid groups (broad SMARTS) is 2. The van der Waals surface area contributed by atoms with Crippen molar-refractivity contribution in [3.05, 3.63) is 29.6 Å². The summed E-state index contributed by atoms with van der Waals surface area (Å²) in [4.78, 5) is 24.0. The molecule has 0 fully saturated rings. The molecule has 0 saturated carbocycles. The number of nitrogens with zero attached hydrogens (tertiary/aromatic N) is 1. The first-order chi connectivity index (χ1) is 5.61. The fraction of sp³-hybridized carbons (Fsp3) is 0. The summed E-state index contributed by atoms with van der Waals surface area (Å²) >= 11 is 0. The Morgan fingerprint density at radius 3 is 2.08 bits per heavy atom. The monoisotopic (exact) mass is 175 g/mol. The zero-order valence-corrected chi connectivity index (χ0v) is 5.89. The van der Waals surface area contributed by atoms with E-state index >= 15 is 0 Å². The number of pyridine rings is 1. The number of aromatic nitrogens is 1. The van der Waals surface area contributed by atoms with Crippen LogP contribution in [0.15, 0.2) is 18.3 Å². The Labute approximate surface area is 85.6 Å². The molecule has 0 bridgehead atoms. The van der Waals surface area contributed by atoms with Gasteiger partial charge in [0.25, 0.3) is 0 Å². The van der Waals surface area contributed by atoms with Crippen molar-refractivity contribution in [1.29, 1.82) is 0 Å². The Hall–Kier alpha value is -1.31. The second-order valence-corrected chi connectivity index (χ2v) is 2.04. The van der Waals surface area contributed by atoms with Gasteiger partial charge in [-0.3, -0.25) is 0 Å². The summed E-state index contributed by atoms with van der Waals surface area (Å²) in [7, 11) is 0. The molecule has 64 valence electrons. The second kappa shape index (κ2) is 4.65. The van der Waals surface area contributed by atoms with E-state index in [9.17, 15) is 9.59 Å². The zero-order chi connectivity index (χ0) is 9.14. The summed E-state index contributed by atoms with van der Waals surface area (Å²) in [5.74, 6) is -2.30. The first-order valence-corrected chi connectivity index (χ1v) is 3.04. The van der Waals surface area contributed by atoms with E-state index in [4.69, 9.17) is 10.2 Å². The molecule has 0 unspecified atom stereocenters. The predicted octanol–water partition coefficient (Wildman–Crippen LogP) is -0.171. The van der Waals surface area contributed by atoms with Crippen LogP contribution in [-0.2, 0) is 0 Å².